The van der Waals surface area contributed by atoms with Crippen molar-refractivity contribution in [3.05, 3.63) is 48.3 Å². The third-order valence-electron chi connectivity index (χ3n) is 3.81. The molecule has 3 N–H and O–H groups in total. The fourth-order valence-corrected chi connectivity index (χ4v) is 2.45. The molecule has 0 saturated carbocycles. The predicted molar refractivity (Wildman–Crippen MR) is 98.4 cm³/mol. The van der Waals surface area contributed by atoms with Crippen LogP contribution in [-0.2, 0) is 6.54 Å². The summed E-state index contributed by atoms with van der Waals surface area (Å²) < 4.78 is 1.79. The number of hydrogen-bond acceptors (Lipinski definition) is 4. The number of anilines is 1. The van der Waals surface area contributed by atoms with E-state index in [-0.39, 0.29) is 12.1 Å². The van der Waals surface area contributed by atoms with Crippen LogP contribution in [0.15, 0.2) is 42.7 Å². The number of likely N-dealkylation sites (N-methyl/N-ethyl adjacent to an activating group) is 1. The van der Waals surface area contributed by atoms with Gasteiger partial charge in [0.2, 0.25) is 0 Å². The molecule has 2 unspecified atom stereocenters. The Kier molecular flexibility index (Phi) is 6.97. The van der Waals surface area contributed by atoms with E-state index in [1.54, 1.807) is 17.1 Å². The van der Waals surface area contributed by atoms with Crippen molar-refractivity contribution in [3.8, 4) is 0 Å². The van der Waals surface area contributed by atoms with Crippen molar-refractivity contribution in [2.24, 2.45) is 0 Å². The number of aromatic nitrogens is 2. The van der Waals surface area contributed by atoms with E-state index < -0.39 is 6.10 Å². The Hall–Kier alpha value is -2.38. The summed E-state index contributed by atoms with van der Waals surface area (Å²) in [5, 5.41) is 20.0. The minimum Gasteiger partial charge on any atom is -0.388 e. The molecule has 136 valence electrons. The number of rotatable bonds is 8. The van der Waals surface area contributed by atoms with Crippen LogP contribution in [0.2, 0.25) is 0 Å². The zero-order valence-corrected chi connectivity index (χ0v) is 15.0. The lowest BCUT2D eigenvalue weighted by Gasteiger charge is -2.18. The number of amides is 2. The lowest BCUT2D eigenvalue weighted by atomic mass is 10.0. The predicted octanol–water partition coefficient (Wildman–Crippen LogP) is 2.08. The number of carbonyl (C=O) groups is 1. The van der Waals surface area contributed by atoms with Gasteiger partial charge >= 0.3 is 6.03 Å². The second-order valence-electron chi connectivity index (χ2n) is 6.46. The van der Waals surface area contributed by atoms with Gasteiger partial charge in [-0.25, -0.2) is 4.79 Å². The molecule has 0 aliphatic carbocycles. The summed E-state index contributed by atoms with van der Waals surface area (Å²) in [4.78, 5) is 14.1. The summed E-state index contributed by atoms with van der Waals surface area (Å²) in [6, 6.07) is 8.96. The molecule has 7 heteroatoms. The topological polar surface area (TPSA) is 82.4 Å². The molecule has 7 nitrogen and oxygen atoms in total. The number of hydrogen-bond donors (Lipinski definition) is 3. The Balaban J connectivity index is 1.77. The molecule has 0 spiro atoms. The first-order chi connectivity index (χ1) is 11.9. The van der Waals surface area contributed by atoms with Crippen LogP contribution in [0.5, 0.6) is 0 Å². The number of benzene rings is 1. The van der Waals surface area contributed by atoms with Crippen molar-refractivity contribution in [1.82, 2.24) is 20.0 Å². The first kappa shape index (κ1) is 19.0. The molecule has 2 aromatic rings. The van der Waals surface area contributed by atoms with Gasteiger partial charge in [-0.2, -0.15) is 5.10 Å². The van der Waals surface area contributed by atoms with Gasteiger partial charge < -0.3 is 20.6 Å². The highest BCUT2D eigenvalue weighted by atomic mass is 16.3. The molecular formula is C18H27N5O2. The molecular weight excluding hydrogens is 318 g/mol. The van der Waals surface area contributed by atoms with Crippen molar-refractivity contribution < 1.29 is 9.90 Å². The lowest BCUT2D eigenvalue weighted by molar-refractivity contribution is 0.155. The lowest BCUT2D eigenvalue weighted by Crippen LogP contribution is -2.36. The second-order valence-corrected chi connectivity index (χ2v) is 6.46. The van der Waals surface area contributed by atoms with Crippen LogP contribution < -0.4 is 10.6 Å². The standard InChI is InChI=1S/C18H27N5O2/c1-14(11-17(24)15-7-5-4-6-8-15)20-18(25)21-16-12-19-23(13-16)10-9-22(2)3/h4-8,12-14,17,24H,9-11H2,1-3H3,(H2,20,21,25). The number of nitrogens with zero attached hydrogens (tertiary/aromatic N) is 3. The van der Waals surface area contributed by atoms with Gasteiger partial charge in [-0.15, -0.1) is 0 Å². The zero-order valence-electron chi connectivity index (χ0n) is 15.0. The largest absolute Gasteiger partial charge is 0.388 e. The van der Waals surface area contributed by atoms with Crippen molar-refractivity contribution in [2.45, 2.75) is 32.0 Å². The molecule has 0 aliphatic heterocycles. The van der Waals surface area contributed by atoms with E-state index in [0.29, 0.717) is 12.1 Å². The monoisotopic (exact) mass is 345 g/mol. The van der Waals surface area contributed by atoms with Gasteiger partial charge in [0.25, 0.3) is 0 Å². The van der Waals surface area contributed by atoms with E-state index in [4.69, 9.17) is 0 Å². The fourth-order valence-electron chi connectivity index (χ4n) is 2.45. The van der Waals surface area contributed by atoms with Gasteiger partial charge in [-0.05, 0) is 33.0 Å². The summed E-state index contributed by atoms with van der Waals surface area (Å²) in [6.45, 7) is 3.50. The van der Waals surface area contributed by atoms with Gasteiger partial charge in [0.05, 0.1) is 24.5 Å². The molecule has 0 bridgehead atoms. The van der Waals surface area contributed by atoms with Crippen LogP contribution in [0.1, 0.15) is 25.0 Å². The third kappa shape index (κ3) is 6.56. The van der Waals surface area contributed by atoms with E-state index in [1.807, 2.05) is 51.4 Å². The molecule has 0 aliphatic rings. The number of urea groups is 1. The van der Waals surface area contributed by atoms with Crippen molar-refractivity contribution in [3.63, 3.8) is 0 Å². The molecule has 0 saturated heterocycles. The van der Waals surface area contributed by atoms with Crippen LogP contribution >= 0.6 is 0 Å². The number of aliphatic hydroxyl groups excluding tert-OH is 1. The van der Waals surface area contributed by atoms with Crippen molar-refractivity contribution in [2.75, 3.05) is 26.0 Å². The Labute approximate surface area is 148 Å². The average molecular weight is 345 g/mol. The Morgan fingerprint density at radius 3 is 2.72 bits per heavy atom. The van der Waals surface area contributed by atoms with Crippen molar-refractivity contribution in [1.29, 1.82) is 0 Å². The van der Waals surface area contributed by atoms with Crippen LogP contribution in [0.4, 0.5) is 10.5 Å². The summed E-state index contributed by atoms with van der Waals surface area (Å²) in [5.41, 5.74) is 1.49. The van der Waals surface area contributed by atoms with Gasteiger partial charge in [-0.1, -0.05) is 30.3 Å². The van der Waals surface area contributed by atoms with Crippen molar-refractivity contribution >= 4 is 11.7 Å². The Bertz CT molecular complexity index is 656. The maximum atomic E-state index is 12.1. The third-order valence-corrected chi connectivity index (χ3v) is 3.81. The summed E-state index contributed by atoms with van der Waals surface area (Å²) in [5.74, 6) is 0. The normalized spacial score (nSPS) is 13.5. The maximum absolute atomic E-state index is 12.1. The molecule has 25 heavy (non-hydrogen) atoms. The highest BCUT2D eigenvalue weighted by Crippen LogP contribution is 2.17. The number of carbonyl (C=O) groups excluding carboxylic acids is 1. The zero-order chi connectivity index (χ0) is 18.2. The average Bonchev–Trinajstić information content (AvgIpc) is 3.00. The highest BCUT2D eigenvalue weighted by molar-refractivity contribution is 5.89. The SMILES string of the molecule is CC(CC(O)c1ccccc1)NC(=O)Nc1cnn(CCN(C)C)c1. The van der Waals surface area contributed by atoms with Gasteiger partial charge in [0.15, 0.2) is 0 Å². The van der Waals surface area contributed by atoms with Crippen LogP contribution in [0.25, 0.3) is 0 Å². The first-order valence-electron chi connectivity index (χ1n) is 8.41. The smallest absolute Gasteiger partial charge is 0.319 e. The van der Waals surface area contributed by atoms with E-state index in [0.717, 1.165) is 18.7 Å². The van der Waals surface area contributed by atoms with E-state index in [1.165, 1.54) is 0 Å². The Morgan fingerprint density at radius 1 is 1.32 bits per heavy atom. The summed E-state index contributed by atoms with van der Waals surface area (Å²) in [6.07, 6.45) is 3.26. The molecule has 2 atom stereocenters. The quantitative estimate of drug-likeness (QED) is 0.684. The Morgan fingerprint density at radius 2 is 2.04 bits per heavy atom. The molecule has 0 radical (unpaired) electrons. The van der Waals surface area contributed by atoms with Crippen LogP contribution in [-0.4, -0.2) is 52.5 Å². The molecule has 0 fully saturated rings. The molecule has 2 rings (SSSR count). The summed E-state index contributed by atoms with van der Waals surface area (Å²) in [7, 11) is 4.00. The number of nitrogens with one attached hydrogen (secondary N) is 2. The van der Waals surface area contributed by atoms with Gasteiger partial charge in [0, 0.05) is 18.8 Å². The fraction of sp³-hybridized carbons (Fsp3) is 0.444. The first-order valence-corrected chi connectivity index (χ1v) is 8.41. The minimum absolute atomic E-state index is 0.168. The highest BCUT2D eigenvalue weighted by Gasteiger charge is 2.14. The van der Waals surface area contributed by atoms with Crippen LogP contribution in [0, 0.1) is 0 Å². The molecule has 1 aromatic carbocycles. The second kappa shape index (κ2) is 9.19. The number of aliphatic hydroxyl groups is 1. The van der Waals surface area contributed by atoms with Gasteiger partial charge in [-0.3, -0.25) is 4.68 Å². The van der Waals surface area contributed by atoms with Crippen LogP contribution in [0.3, 0.4) is 0 Å². The van der Waals surface area contributed by atoms with Gasteiger partial charge in [0.1, 0.15) is 0 Å². The van der Waals surface area contributed by atoms with E-state index in [9.17, 15) is 9.90 Å². The maximum Gasteiger partial charge on any atom is 0.319 e. The van der Waals surface area contributed by atoms with E-state index >= 15 is 0 Å². The molecule has 1 heterocycles. The molecule has 2 amide bonds. The molecule has 1 aromatic heterocycles. The minimum atomic E-state index is -0.606. The summed E-state index contributed by atoms with van der Waals surface area (Å²) >= 11 is 0. The van der Waals surface area contributed by atoms with E-state index in [2.05, 4.69) is 20.6 Å².